The fourth-order valence-corrected chi connectivity index (χ4v) is 3.46. The van der Waals surface area contributed by atoms with E-state index in [1.165, 1.54) is 18.2 Å². The van der Waals surface area contributed by atoms with Gasteiger partial charge in [0.1, 0.15) is 11.6 Å². The molecule has 162 valence electrons. The quantitative estimate of drug-likeness (QED) is 0.448. The van der Waals surface area contributed by atoms with Crippen molar-refractivity contribution < 1.29 is 14.7 Å². The number of carboxylic acid groups (broad SMARTS) is 1. The van der Waals surface area contributed by atoms with Crippen molar-refractivity contribution in [3.63, 3.8) is 0 Å². The molecule has 32 heavy (non-hydrogen) atoms. The molecule has 7 heteroatoms. The first-order valence-electron chi connectivity index (χ1n) is 9.94. The molecule has 0 aliphatic heterocycles. The molecule has 1 heterocycles. The molecule has 2 N–H and O–H groups in total. The number of aryl methyl sites for hydroxylation is 1. The summed E-state index contributed by atoms with van der Waals surface area (Å²) in [7, 11) is 3.97. The minimum Gasteiger partial charge on any atom is -0.478 e. The zero-order valence-electron chi connectivity index (χ0n) is 18.4. The van der Waals surface area contributed by atoms with E-state index in [-0.39, 0.29) is 11.1 Å². The number of nitrogens with one attached hydrogen (secondary N) is 1. The Bertz CT molecular complexity index is 1250. The van der Waals surface area contributed by atoms with Gasteiger partial charge < -0.3 is 19.9 Å². The SMILES string of the molecule is Cc1cc(/C=C(/C#N)C(=O)Nc2cccc(C(=O)O)c2)c(C)n1-c1ccc(N(C)C)cc1. The lowest BCUT2D eigenvalue weighted by Crippen LogP contribution is -2.14. The molecular formula is C25H24N4O3. The number of hydrogen-bond acceptors (Lipinski definition) is 4. The molecule has 0 bridgehead atoms. The normalized spacial score (nSPS) is 11.0. The van der Waals surface area contributed by atoms with Gasteiger partial charge in [0.25, 0.3) is 5.91 Å². The first-order valence-corrected chi connectivity index (χ1v) is 9.94. The Kier molecular flexibility index (Phi) is 6.45. The second-order valence-corrected chi connectivity index (χ2v) is 7.58. The van der Waals surface area contributed by atoms with Crippen LogP contribution in [0.25, 0.3) is 11.8 Å². The van der Waals surface area contributed by atoms with E-state index >= 15 is 0 Å². The van der Waals surface area contributed by atoms with Gasteiger partial charge >= 0.3 is 5.97 Å². The Morgan fingerprint density at radius 1 is 1.09 bits per heavy atom. The second kappa shape index (κ2) is 9.23. The van der Waals surface area contributed by atoms with Crippen LogP contribution >= 0.6 is 0 Å². The maximum Gasteiger partial charge on any atom is 0.335 e. The van der Waals surface area contributed by atoms with Crippen LogP contribution in [0.4, 0.5) is 11.4 Å². The summed E-state index contributed by atoms with van der Waals surface area (Å²) in [6.45, 7) is 3.90. The molecule has 2 aromatic carbocycles. The smallest absolute Gasteiger partial charge is 0.335 e. The number of anilines is 2. The number of benzene rings is 2. The van der Waals surface area contributed by atoms with E-state index in [4.69, 9.17) is 5.11 Å². The van der Waals surface area contributed by atoms with Crippen LogP contribution in [0.1, 0.15) is 27.3 Å². The molecule has 1 amide bonds. The van der Waals surface area contributed by atoms with Gasteiger partial charge in [-0.2, -0.15) is 5.26 Å². The largest absolute Gasteiger partial charge is 0.478 e. The molecular weight excluding hydrogens is 404 g/mol. The Balaban J connectivity index is 1.90. The lowest BCUT2D eigenvalue weighted by molar-refractivity contribution is -0.112. The zero-order valence-corrected chi connectivity index (χ0v) is 18.4. The third kappa shape index (κ3) is 4.71. The molecule has 0 saturated carbocycles. The van der Waals surface area contributed by atoms with Crippen LogP contribution in [0.2, 0.25) is 0 Å². The zero-order chi connectivity index (χ0) is 23.4. The van der Waals surface area contributed by atoms with Crippen molar-refractivity contribution in [3.8, 4) is 11.8 Å². The van der Waals surface area contributed by atoms with E-state index in [1.54, 1.807) is 12.1 Å². The number of carbonyl (C=O) groups excluding carboxylic acids is 1. The highest BCUT2D eigenvalue weighted by Gasteiger charge is 2.15. The Hall–Kier alpha value is -4.31. The van der Waals surface area contributed by atoms with Gasteiger partial charge in [0.2, 0.25) is 0 Å². The van der Waals surface area contributed by atoms with Crippen molar-refractivity contribution in [2.45, 2.75) is 13.8 Å². The summed E-state index contributed by atoms with van der Waals surface area (Å²) < 4.78 is 2.06. The van der Waals surface area contributed by atoms with E-state index < -0.39 is 11.9 Å². The summed E-state index contributed by atoms with van der Waals surface area (Å²) >= 11 is 0. The Morgan fingerprint density at radius 2 is 1.78 bits per heavy atom. The van der Waals surface area contributed by atoms with Gasteiger partial charge in [0.05, 0.1) is 5.56 Å². The van der Waals surface area contributed by atoms with Crippen LogP contribution in [-0.4, -0.2) is 35.6 Å². The van der Waals surface area contributed by atoms with Crippen LogP contribution in [-0.2, 0) is 4.79 Å². The highest BCUT2D eigenvalue weighted by Crippen LogP contribution is 2.24. The van der Waals surface area contributed by atoms with Crippen LogP contribution < -0.4 is 10.2 Å². The topological polar surface area (TPSA) is 98.4 Å². The van der Waals surface area contributed by atoms with Crippen LogP contribution in [0.15, 0.2) is 60.2 Å². The van der Waals surface area contributed by atoms with Gasteiger partial charge in [0, 0.05) is 42.5 Å². The molecule has 0 atom stereocenters. The molecule has 0 unspecified atom stereocenters. The van der Waals surface area contributed by atoms with E-state index in [2.05, 4.69) is 9.88 Å². The highest BCUT2D eigenvalue weighted by molar-refractivity contribution is 6.10. The number of nitrogens with zero attached hydrogens (tertiary/aromatic N) is 3. The van der Waals surface area contributed by atoms with Gasteiger partial charge in [-0.15, -0.1) is 0 Å². The Labute approximate surface area is 186 Å². The molecule has 0 spiro atoms. The summed E-state index contributed by atoms with van der Waals surface area (Å²) in [5.41, 5.74) is 4.98. The molecule has 3 aromatic rings. The number of aromatic carboxylic acids is 1. The summed E-state index contributed by atoms with van der Waals surface area (Å²) in [6, 6.07) is 17.9. The fourth-order valence-electron chi connectivity index (χ4n) is 3.46. The summed E-state index contributed by atoms with van der Waals surface area (Å²) in [4.78, 5) is 25.8. The van der Waals surface area contributed by atoms with Crippen LogP contribution in [0.5, 0.6) is 0 Å². The summed E-state index contributed by atoms with van der Waals surface area (Å²) in [5, 5.41) is 21.3. The average molecular weight is 428 g/mol. The number of rotatable bonds is 6. The number of hydrogen-bond donors (Lipinski definition) is 2. The maximum atomic E-state index is 12.6. The third-order valence-electron chi connectivity index (χ3n) is 5.13. The summed E-state index contributed by atoms with van der Waals surface area (Å²) in [5.74, 6) is -1.70. The molecule has 0 aliphatic carbocycles. The van der Waals surface area contributed by atoms with Crippen molar-refractivity contribution >= 4 is 29.3 Å². The number of amides is 1. The molecule has 1 aromatic heterocycles. The molecule has 0 aliphatic rings. The van der Waals surface area contributed by atoms with Crippen LogP contribution in [0, 0.1) is 25.2 Å². The standard InChI is InChI=1S/C25H24N4O3/c1-16-12-19(17(2)29(16)23-10-8-22(9-11-23)28(3)4)13-20(15-26)24(30)27-21-7-5-6-18(14-21)25(31)32/h5-14H,1-4H3,(H,27,30)(H,31,32)/b20-13-. The summed E-state index contributed by atoms with van der Waals surface area (Å²) in [6.07, 6.45) is 1.55. The average Bonchev–Trinajstić information content (AvgIpc) is 3.04. The van der Waals surface area contributed by atoms with Crippen molar-refractivity contribution in [3.05, 3.63) is 82.7 Å². The molecule has 3 rings (SSSR count). The molecule has 7 nitrogen and oxygen atoms in total. The van der Waals surface area contributed by atoms with Crippen molar-refractivity contribution in [1.82, 2.24) is 4.57 Å². The molecule has 0 fully saturated rings. The predicted molar refractivity (Wildman–Crippen MR) is 125 cm³/mol. The van der Waals surface area contributed by atoms with Gasteiger partial charge in [-0.05, 0) is 74.0 Å². The molecule has 0 saturated heterocycles. The van der Waals surface area contributed by atoms with Crippen LogP contribution in [0.3, 0.4) is 0 Å². The number of nitriles is 1. The van der Waals surface area contributed by atoms with Crippen molar-refractivity contribution in [2.75, 3.05) is 24.3 Å². The van der Waals surface area contributed by atoms with Gasteiger partial charge in [-0.3, -0.25) is 4.79 Å². The molecule has 0 radical (unpaired) electrons. The first-order chi connectivity index (χ1) is 15.2. The van der Waals surface area contributed by atoms with Crippen molar-refractivity contribution in [2.24, 2.45) is 0 Å². The minimum atomic E-state index is -1.09. The lowest BCUT2D eigenvalue weighted by Gasteiger charge is -2.14. The monoisotopic (exact) mass is 428 g/mol. The fraction of sp³-hybridized carbons (Fsp3) is 0.160. The number of carboxylic acids is 1. The number of carbonyl (C=O) groups is 2. The van der Waals surface area contributed by atoms with E-state index in [0.29, 0.717) is 5.69 Å². The Morgan fingerprint density at radius 3 is 2.38 bits per heavy atom. The second-order valence-electron chi connectivity index (χ2n) is 7.58. The van der Waals surface area contributed by atoms with Gasteiger partial charge in [-0.25, -0.2) is 4.79 Å². The lowest BCUT2D eigenvalue weighted by atomic mass is 10.1. The van der Waals surface area contributed by atoms with Gasteiger partial charge in [-0.1, -0.05) is 6.07 Å². The van der Waals surface area contributed by atoms with Crippen molar-refractivity contribution in [1.29, 1.82) is 5.26 Å². The predicted octanol–water partition coefficient (Wildman–Crippen LogP) is 4.40. The maximum absolute atomic E-state index is 12.6. The van der Waals surface area contributed by atoms with Gasteiger partial charge in [0.15, 0.2) is 0 Å². The van der Waals surface area contributed by atoms with E-state index in [9.17, 15) is 14.9 Å². The van der Waals surface area contributed by atoms with E-state index in [1.807, 2.05) is 69.2 Å². The minimum absolute atomic E-state index is 0.0501. The third-order valence-corrected chi connectivity index (χ3v) is 5.13. The number of aromatic nitrogens is 1. The van der Waals surface area contributed by atoms with E-state index in [0.717, 1.165) is 28.3 Å². The first kappa shape index (κ1) is 22.4. The highest BCUT2D eigenvalue weighted by atomic mass is 16.4.